The van der Waals surface area contributed by atoms with E-state index in [9.17, 15) is 9.59 Å². The molecule has 0 radical (unpaired) electrons. The van der Waals surface area contributed by atoms with Crippen LogP contribution in [0.4, 0.5) is 5.69 Å². The van der Waals surface area contributed by atoms with Crippen molar-refractivity contribution in [3.05, 3.63) is 72.3 Å². The van der Waals surface area contributed by atoms with Crippen LogP contribution in [0.2, 0.25) is 0 Å². The van der Waals surface area contributed by atoms with Gasteiger partial charge in [-0.1, -0.05) is 30.3 Å². The van der Waals surface area contributed by atoms with Gasteiger partial charge in [-0.05, 0) is 53.6 Å². The predicted molar refractivity (Wildman–Crippen MR) is 117 cm³/mol. The molecule has 0 bridgehead atoms. The number of amides is 1. The molecule has 6 heteroatoms. The summed E-state index contributed by atoms with van der Waals surface area (Å²) in [4.78, 5) is 24.5. The molecular weight excluding hydrogens is 382 g/mol. The van der Waals surface area contributed by atoms with Crippen molar-refractivity contribution in [1.82, 2.24) is 0 Å². The number of benzene rings is 3. The summed E-state index contributed by atoms with van der Waals surface area (Å²) in [5.41, 5.74) is 1.34. The minimum Gasteiger partial charge on any atom is -0.497 e. The SMILES string of the molecule is COc1cc(/C=C/C(=O)O[C@@H](C)C(=O)Nc2ccc3ccccc3c2)cc(OC)c1. The number of anilines is 1. The molecule has 30 heavy (non-hydrogen) atoms. The first-order valence-corrected chi connectivity index (χ1v) is 9.40. The highest BCUT2D eigenvalue weighted by Gasteiger charge is 2.17. The highest BCUT2D eigenvalue weighted by Crippen LogP contribution is 2.23. The van der Waals surface area contributed by atoms with Crippen LogP contribution in [-0.2, 0) is 14.3 Å². The van der Waals surface area contributed by atoms with E-state index in [-0.39, 0.29) is 0 Å². The molecule has 1 amide bonds. The topological polar surface area (TPSA) is 73.9 Å². The molecule has 0 saturated heterocycles. The number of esters is 1. The molecule has 0 fully saturated rings. The molecule has 0 spiro atoms. The lowest BCUT2D eigenvalue weighted by atomic mass is 10.1. The minimum atomic E-state index is -0.950. The Balaban J connectivity index is 1.60. The van der Waals surface area contributed by atoms with Crippen molar-refractivity contribution in [3.63, 3.8) is 0 Å². The van der Waals surface area contributed by atoms with E-state index < -0.39 is 18.0 Å². The van der Waals surface area contributed by atoms with Crippen LogP contribution in [0.3, 0.4) is 0 Å². The number of carbonyl (C=O) groups is 2. The Labute approximate surface area is 175 Å². The first-order valence-electron chi connectivity index (χ1n) is 9.40. The third kappa shape index (κ3) is 5.38. The fourth-order valence-corrected chi connectivity index (χ4v) is 2.87. The van der Waals surface area contributed by atoms with Crippen molar-refractivity contribution < 1.29 is 23.8 Å². The second-order valence-electron chi connectivity index (χ2n) is 6.61. The summed E-state index contributed by atoms with van der Waals surface area (Å²) < 4.78 is 15.6. The molecule has 0 saturated carbocycles. The number of fused-ring (bicyclic) bond motifs is 1. The lowest BCUT2D eigenvalue weighted by molar-refractivity contribution is -0.148. The van der Waals surface area contributed by atoms with E-state index in [1.807, 2.05) is 42.5 Å². The summed E-state index contributed by atoms with van der Waals surface area (Å²) in [6.07, 6.45) is 1.88. The van der Waals surface area contributed by atoms with Gasteiger partial charge in [-0.25, -0.2) is 4.79 Å². The van der Waals surface area contributed by atoms with Gasteiger partial charge in [0, 0.05) is 17.8 Å². The van der Waals surface area contributed by atoms with Crippen molar-refractivity contribution in [2.75, 3.05) is 19.5 Å². The van der Waals surface area contributed by atoms with Gasteiger partial charge in [-0.15, -0.1) is 0 Å². The zero-order chi connectivity index (χ0) is 21.5. The summed E-state index contributed by atoms with van der Waals surface area (Å²) in [7, 11) is 3.10. The van der Waals surface area contributed by atoms with Gasteiger partial charge in [0.15, 0.2) is 6.10 Å². The maximum absolute atomic E-state index is 12.4. The average molecular weight is 405 g/mol. The van der Waals surface area contributed by atoms with E-state index in [1.54, 1.807) is 38.5 Å². The van der Waals surface area contributed by atoms with E-state index in [0.717, 1.165) is 10.8 Å². The van der Waals surface area contributed by atoms with Gasteiger partial charge >= 0.3 is 5.97 Å². The Morgan fingerprint density at radius 3 is 2.23 bits per heavy atom. The average Bonchev–Trinajstić information content (AvgIpc) is 2.77. The van der Waals surface area contributed by atoms with Gasteiger partial charge < -0.3 is 19.5 Å². The van der Waals surface area contributed by atoms with Gasteiger partial charge in [0.05, 0.1) is 14.2 Å². The summed E-state index contributed by atoms with van der Waals surface area (Å²) in [6.45, 7) is 1.52. The Bertz CT molecular complexity index is 1070. The van der Waals surface area contributed by atoms with Gasteiger partial charge in [0.2, 0.25) is 0 Å². The van der Waals surface area contributed by atoms with Crippen molar-refractivity contribution in [1.29, 1.82) is 0 Å². The van der Waals surface area contributed by atoms with Crippen molar-refractivity contribution in [3.8, 4) is 11.5 Å². The Morgan fingerprint density at radius 1 is 0.900 bits per heavy atom. The molecule has 0 aliphatic rings. The van der Waals surface area contributed by atoms with Crippen LogP contribution >= 0.6 is 0 Å². The first kappa shape index (κ1) is 20.9. The molecule has 0 aliphatic heterocycles. The fraction of sp³-hybridized carbons (Fsp3) is 0.167. The highest BCUT2D eigenvalue weighted by molar-refractivity contribution is 5.98. The molecule has 0 aromatic heterocycles. The van der Waals surface area contributed by atoms with Crippen LogP contribution in [0.25, 0.3) is 16.8 Å². The van der Waals surface area contributed by atoms with Gasteiger partial charge in [0.25, 0.3) is 5.91 Å². The molecule has 3 rings (SSSR count). The van der Waals surface area contributed by atoms with E-state index in [0.29, 0.717) is 22.7 Å². The zero-order valence-corrected chi connectivity index (χ0v) is 17.0. The van der Waals surface area contributed by atoms with Crippen molar-refractivity contribution in [2.45, 2.75) is 13.0 Å². The van der Waals surface area contributed by atoms with Crippen LogP contribution in [-0.4, -0.2) is 32.2 Å². The van der Waals surface area contributed by atoms with Crippen LogP contribution in [0.5, 0.6) is 11.5 Å². The molecule has 154 valence electrons. The Kier molecular flexibility index (Phi) is 6.70. The maximum atomic E-state index is 12.4. The lowest BCUT2D eigenvalue weighted by Gasteiger charge is -2.13. The number of hydrogen-bond acceptors (Lipinski definition) is 5. The van der Waals surface area contributed by atoms with Crippen molar-refractivity contribution >= 4 is 34.4 Å². The quantitative estimate of drug-likeness (QED) is 0.465. The van der Waals surface area contributed by atoms with Crippen LogP contribution in [0.15, 0.2) is 66.7 Å². The lowest BCUT2D eigenvalue weighted by Crippen LogP contribution is -2.29. The van der Waals surface area contributed by atoms with E-state index in [4.69, 9.17) is 14.2 Å². The zero-order valence-electron chi connectivity index (χ0n) is 17.0. The van der Waals surface area contributed by atoms with Gasteiger partial charge in [-0.2, -0.15) is 0 Å². The van der Waals surface area contributed by atoms with Crippen LogP contribution in [0.1, 0.15) is 12.5 Å². The third-order valence-electron chi connectivity index (χ3n) is 4.46. The standard InChI is InChI=1S/C24H23NO5/c1-16(24(27)25-20-10-9-18-6-4-5-7-19(18)14-20)30-23(26)11-8-17-12-21(28-2)15-22(13-17)29-3/h4-16H,1-3H3,(H,25,27)/b11-8+/t16-/m0/s1. The smallest absolute Gasteiger partial charge is 0.331 e. The number of ether oxygens (including phenoxy) is 3. The molecule has 6 nitrogen and oxygen atoms in total. The van der Waals surface area contributed by atoms with Crippen molar-refractivity contribution in [2.24, 2.45) is 0 Å². The number of carbonyl (C=O) groups excluding carboxylic acids is 2. The fourth-order valence-electron chi connectivity index (χ4n) is 2.87. The van der Waals surface area contributed by atoms with Crippen LogP contribution < -0.4 is 14.8 Å². The second kappa shape index (κ2) is 9.60. The Hall–Kier alpha value is -3.80. The third-order valence-corrected chi connectivity index (χ3v) is 4.46. The first-order chi connectivity index (χ1) is 14.5. The van der Waals surface area contributed by atoms with Gasteiger partial charge in [-0.3, -0.25) is 4.79 Å². The summed E-state index contributed by atoms with van der Waals surface area (Å²) in [6, 6.07) is 18.7. The summed E-state index contributed by atoms with van der Waals surface area (Å²) in [5.74, 6) is 0.170. The normalized spacial score (nSPS) is 11.8. The minimum absolute atomic E-state index is 0.407. The number of nitrogens with one attached hydrogen (secondary N) is 1. The maximum Gasteiger partial charge on any atom is 0.331 e. The molecule has 1 N–H and O–H groups in total. The predicted octanol–water partition coefficient (Wildman–Crippen LogP) is 4.44. The molecule has 3 aromatic rings. The van der Waals surface area contributed by atoms with Crippen LogP contribution in [0, 0.1) is 0 Å². The number of methoxy groups -OCH3 is 2. The van der Waals surface area contributed by atoms with Gasteiger partial charge in [0.1, 0.15) is 11.5 Å². The molecular formula is C24H23NO5. The van der Waals surface area contributed by atoms with E-state index in [2.05, 4.69) is 5.32 Å². The molecule has 0 aliphatic carbocycles. The molecule has 3 aromatic carbocycles. The molecule has 0 unspecified atom stereocenters. The molecule has 0 heterocycles. The second-order valence-corrected chi connectivity index (χ2v) is 6.61. The Morgan fingerprint density at radius 2 is 1.57 bits per heavy atom. The number of hydrogen-bond donors (Lipinski definition) is 1. The van der Waals surface area contributed by atoms with E-state index >= 15 is 0 Å². The van der Waals surface area contributed by atoms with E-state index in [1.165, 1.54) is 13.0 Å². The summed E-state index contributed by atoms with van der Waals surface area (Å²) in [5, 5.41) is 4.86. The largest absolute Gasteiger partial charge is 0.497 e. The monoisotopic (exact) mass is 405 g/mol. The summed E-state index contributed by atoms with van der Waals surface area (Å²) >= 11 is 0. The molecule has 1 atom stereocenters. The highest BCUT2D eigenvalue weighted by atomic mass is 16.5. The number of rotatable bonds is 7.